The summed E-state index contributed by atoms with van der Waals surface area (Å²) in [5.41, 5.74) is 9.14. The lowest BCUT2D eigenvalue weighted by molar-refractivity contribution is -0.126. The van der Waals surface area contributed by atoms with E-state index in [2.05, 4.69) is 36.1 Å². The molecule has 0 aliphatic carbocycles. The summed E-state index contributed by atoms with van der Waals surface area (Å²) >= 11 is 0. The number of benzene rings is 2. The number of nitrogens with one attached hydrogen (secondary N) is 2. The number of ether oxygens (including phenoxy) is 1. The number of hydrogen-bond acceptors (Lipinski definition) is 8. The van der Waals surface area contributed by atoms with Gasteiger partial charge in [0.05, 0.1) is 30.4 Å². The van der Waals surface area contributed by atoms with Gasteiger partial charge in [-0.3, -0.25) is 9.59 Å². The summed E-state index contributed by atoms with van der Waals surface area (Å²) in [6.45, 7) is 3.60. The largest absolute Gasteiger partial charge is 0.496 e. The highest BCUT2D eigenvalue weighted by atomic mass is 16.5. The third-order valence-corrected chi connectivity index (χ3v) is 7.40. The number of nitrogens with zero attached hydrogens (tertiary/aromatic N) is 4. The van der Waals surface area contributed by atoms with Gasteiger partial charge < -0.3 is 25.7 Å². The Balaban J connectivity index is 0.000000458. The SMILES string of the molecule is C#Cc1cccc(Nc2ncnc3cc(OC)c(-c4cnc(CCCCCC(=O)CC)[nH]4)cc23)c1.CN1CC(C(N)=O)C1. The molecule has 1 saturated heterocycles. The van der Waals surface area contributed by atoms with Crippen molar-refractivity contribution < 1.29 is 14.3 Å². The number of rotatable bonds is 12. The Labute approximate surface area is 252 Å². The molecule has 1 aliphatic rings. The summed E-state index contributed by atoms with van der Waals surface area (Å²) in [7, 11) is 3.62. The van der Waals surface area contributed by atoms with Crippen LogP contribution in [-0.2, 0) is 16.0 Å². The summed E-state index contributed by atoms with van der Waals surface area (Å²) in [5, 5.41) is 4.21. The molecule has 2 aromatic heterocycles. The van der Waals surface area contributed by atoms with Gasteiger partial charge in [0.25, 0.3) is 0 Å². The molecule has 0 atom stereocenters. The van der Waals surface area contributed by atoms with Crippen LogP contribution in [0.4, 0.5) is 11.5 Å². The molecule has 2 aromatic carbocycles. The van der Waals surface area contributed by atoms with E-state index in [1.165, 1.54) is 6.33 Å². The number of aromatic nitrogens is 4. The first-order valence-electron chi connectivity index (χ1n) is 14.5. The van der Waals surface area contributed by atoms with Gasteiger partial charge in [-0.1, -0.05) is 25.3 Å². The van der Waals surface area contributed by atoms with Gasteiger partial charge in [0.15, 0.2) is 0 Å². The quantitative estimate of drug-likeness (QED) is 0.159. The van der Waals surface area contributed by atoms with Crippen LogP contribution in [0, 0.1) is 18.3 Å². The number of unbranched alkanes of at least 4 members (excludes halogenated alkanes) is 2. The van der Waals surface area contributed by atoms with E-state index in [-0.39, 0.29) is 11.8 Å². The maximum Gasteiger partial charge on any atom is 0.223 e. The number of amides is 1. The number of likely N-dealkylation sites (tertiary alicyclic amines) is 1. The third-order valence-electron chi connectivity index (χ3n) is 7.40. The number of carbonyl (C=O) groups excluding carboxylic acids is 2. The monoisotopic (exact) mass is 581 g/mol. The Bertz CT molecular complexity index is 1600. The standard InChI is InChI=1S/C28H29N5O2.C5H10N2O/c1-4-19-10-9-11-20(14-19)32-28-23-15-22(26(35-3)16-24(23)30-18-31-28)25-17-29-27(33-25)13-8-6-7-12-21(34)5-2;1-7-2-4(3-7)5(6)8/h1,9-11,14-18H,5-8,12-13H2,2-3H3,(H,29,33)(H,30,31,32);4H,2-3H2,1H3,(H2,6,8). The molecule has 0 bridgehead atoms. The first kappa shape index (κ1) is 31.2. The van der Waals surface area contributed by atoms with Crippen LogP contribution in [0.2, 0.25) is 0 Å². The van der Waals surface area contributed by atoms with Crippen molar-refractivity contribution in [2.24, 2.45) is 11.7 Å². The van der Waals surface area contributed by atoms with E-state index in [9.17, 15) is 9.59 Å². The molecule has 3 heterocycles. The highest BCUT2D eigenvalue weighted by Gasteiger charge is 2.27. The van der Waals surface area contributed by atoms with E-state index in [1.54, 1.807) is 7.11 Å². The molecule has 1 amide bonds. The van der Waals surface area contributed by atoms with Gasteiger partial charge >= 0.3 is 0 Å². The van der Waals surface area contributed by atoms with Crippen LogP contribution in [0.5, 0.6) is 5.75 Å². The first-order chi connectivity index (χ1) is 20.8. The fourth-order valence-electron chi connectivity index (χ4n) is 4.86. The number of hydrogen-bond donors (Lipinski definition) is 3. The van der Waals surface area contributed by atoms with Crippen molar-refractivity contribution in [2.75, 3.05) is 32.6 Å². The smallest absolute Gasteiger partial charge is 0.223 e. The number of Topliss-reactive ketones (excluding diaryl/α,β-unsaturated/α-hetero) is 1. The Morgan fingerprint density at radius 2 is 1.98 bits per heavy atom. The topological polar surface area (TPSA) is 139 Å². The van der Waals surface area contributed by atoms with E-state index in [1.807, 2.05) is 56.6 Å². The van der Waals surface area contributed by atoms with Crippen molar-refractivity contribution in [3.63, 3.8) is 0 Å². The first-order valence-corrected chi connectivity index (χ1v) is 14.5. The number of primary amides is 1. The minimum absolute atomic E-state index is 0.125. The van der Waals surface area contributed by atoms with Crippen LogP contribution < -0.4 is 15.8 Å². The van der Waals surface area contributed by atoms with Crippen molar-refractivity contribution in [2.45, 2.75) is 45.4 Å². The fraction of sp³-hybridized carbons (Fsp3) is 0.364. The minimum atomic E-state index is -0.164. The lowest BCUT2D eigenvalue weighted by atomic mass is 10.0. The third kappa shape index (κ3) is 8.40. The molecule has 5 rings (SSSR count). The summed E-state index contributed by atoms with van der Waals surface area (Å²) in [6.07, 6.45) is 13.9. The molecular weight excluding hydrogens is 542 g/mol. The average Bonchev–Trinajstić information content (AvgIpc) is 3.47. The highest BCUT2D eigenvalue weighted by Crippen LogP contribution is 2.35. The van der Waals surface area contributed by atoms with Crippen molar-refractivity contribution in [1.82, 2.24) is 24.8 Å². The maximum atomic E-state index is 11.5. The van der Waals surface area contributed by atoms with Gasteiger partial charge in [0.1, 0.15) is 29.5 Å². The molecule has 0 radical (unpaired) electrons. The molecule has 10 nitrogen and oxygen atoms in total. The molecule has 4 aromatic rings. The fourth-order valence-corrected chi connectivity index (χ4v) is 4.86. The molecule has 43 heavy (non-hydrogen) atoms. The Hall–Kier alpha value is -4.75. The van der Waals surface area contributed by atoms with Crippen LogP contribution in [0.25, 0.3) is 22.2 Å². The Morgan fingerprint density at radius 1 is 1.16 bits per heavy atom. The van der Waals surface area contributed by atoms with Crippen LogP contribution in [0.3, 0.4) is 0 Å². The molecule has 0 unspecified atom stereocenters. The molecule has 224 valence electrons. The van der Waals surface area contributed by atoms with Crippen LogP contribution in [-0.4, -0.2) is 63.8 Å². The van der Waals surface area contributed by atoms with E-state index in [0.29, 0.717) is 30.2 Å². The van der Waals surface area contributed by atoms with Gasteiger partial charge in [0.2, 0.25) is 5.91 Å². The lowest BCUT2D eigenvalue weighted by Crippen LogP contribution is -2.50. The van der Waals surface area contributed by atoms with E-state index >= 15 is 0 Å². The average molecular weight is 582 g/mol. The Morgan fingerprint density at radius 3 is 2.65 bits per heavy atom. The lowest BCUT2D eigenvalue weighted by Gasteiger charge is -2.33. The van der Waals surface area contributed by atoms with Crippen molar-refractivity contribution in [3.05, 3.63) is 60.3 Å². The maximum absolute atomic E-state index is 11.5. The number of aryl methyl sites for hydroxylation is 1. The van der Waals surface area contributed by atoms with Gasteiger partial charge in [-0.25, -0.2) is 15.0 Å². The van der Waals surface area contributed by atoms with E-state index < -0.39 is 0 Å². The number of methoxy groups -OCH3 is 1. The number of H-pyrrole nitrogens is 1. The molecule has 0 saturated carbocycles. The highest BCUT2D eigenvalue weighted by molar-refractivity contribution is 5.95. The molecule has 0 spiro atoms. The summed E-state index contributed by atoms with van der Waals surface area (Å²) in [5.74, 6) is 5.23. The second-order valence-corrected chi connectivity index (χ2v) is 10.7. The van der Waals surface area contributed by atoms with Crippen molar-refractivity contribution >= 4 is 34.1 Å². The van der Waals surface area contributed by atoms with E-state index in [4.69, 9.17) is 16.9 Å². The van der Waals surface area contributed by atoms with E-state index in [0.717, 1.165) is 78.0 Å². The summed E-state index contributed by atoms with van der Waals surface area (Å²) in [4.78, 5) is 40.7. The number of fused-ring (bicyclic) bond motifs is 1. The number of carbonyl (C=O) groups is 2. The van der Waals surface area contributed by atoms with Crippen LogP contribution in [0.15, 0.2) is 48.9 Å². The normalized spacial score (nSPS) is 13.0. The predicted molar refractivity (Wildman–Crippen MR) is 169 cm³/mol. The van der Waals surface area contributed by atoms with Gasteiger partial charge in [-0.05, 0) is 44.2 Å². The number of anilines is 2. The van der Waals surface area contributed by atoms with Gasteiger partial charge in [0, 0.05) is 60.6 Å². The van der Waals surface area contributed by atoms with Crippen LogP contribution >= 0.6 is 0 Å². The summed E-state index contributed by atoms with van der Waals surface area (Å²) < 4.78 is 5.67. The van der Waals surface area contributed by atoms with Crippen LogP contribution in [0.1, 0.15) is 50.4 Å². The minimum Gasteiger partial charge on any atom is -0.496 e. The molecule has 1 fully saturated rings. The number of ketones is 1. The number of terminal acetylenes is 1. The van der Waals surface area contributed by atoms with Crippen molar-refractivity contribution in [3.8, 4) is 29.4 Å². The number of aromatic amines is 1. The number of imidazole rings is 1. The zero-order valence-electron chi connectivity index (χ0n) is 25.0. The Kier molecular flexibility index (Phi) is 10.8. The molecule has 1 aliphatic heterocycles. The molecular formula is C33H39N7O3. The predicted octanol–water partition coefficient (Wildman–Crippen LogP) is 4.87. The van der Waals surface area contributed by atoms with Gasteiger partial charge in [-0.15, -0.1) is 6.42 Å². The summed E-state index contributed by atoms with van der Waals surface area (Å²) in [6, 6.07) is 11.5. The number of nitrogens with two attached hydrogens (primary N) is 1. The molecule has 4 N–H and O–H groups in total. The zero-order chi connectivity index (χ0) is 30.8. The second-order valence-electron chi connectivity index (χ2n) is 10.7. The second kappa shape index (κ2) is 14.9. The van der Waals surface area contributed by atoms with Gasteiger partial charge in [-0.2, -0.15) is 0 Å². The zero-order valence-corrected chi connectivity index (χ0v) is 25.0. The molecule has 10 heteroatoms. The van der Waals surface area contributed by atoms with Crippen molar-refractivity contribution in [1.29, 1.82) is 0 Å².